The molecule has 0 aliphatic carbocycles. The number of carbonyl (C=O) groups excluding carboxylic acids is 1. The van der Waals surface area contributed by atoms with Crippen LogP contribution in [0.2, 0.25) is 0 Å². The first kappa shape index (κ1) is 13.7. The molecule has 0 bridgehead atoms. The van der Waals surface area contributed by atoms with Crippen LogP contribution in [0.3, 0.4) is 0 Å². The standard InChI is InChI=1S/C14H14N2O4S/c1-9-13(21-7-16-9)14(17)15-4-5-18-10-2-3-11-12(6-10)20-8-19-11/h2-3,6-7H,4-5,8H2,1H3,(H,15,17). The highest BCUT2D eigenvalue weighted by molar-refractivity contribution is 7.11. The van der Waals surface area contributed by atoms with E-state index >= 15 is 0 Å². The molecule has 21 heavy (non-hydrogen) atoms. The second-order valence-corrected chi connectivity index (χ2v) is 5.24. The molecule has 110 valence electrons. The van der Waals surface area contributed by atoms with Gasteiger partial charge in [0, 0.05) is 6.07 Å². The molecular weight excluding hydrogens is 292 g/mol. The van der Waals surface area contributed by atoms with Crippen LogP contribution >= 0.6 is 11.3 Å². The number of amides is 1. The summed E-state index contributed by atoms with van der Waals surface area (Å²) in [4.78, 5) is 16.5. The van der Waals surface area contributed by atoms with Crippen molar-refractivity contribution < 1.29 is 19.0 Å². The molecule has 0 radical (unpaired) electrons. The fourth-order valence-corrected chi connectivity index (χ4v) is 2.62. The molecule has 7 heteroatoms. The summed E-state index contributed by atoms with van der Waals surface area (Å²) in [6.07, 6.45) is 0. The summed E-state index contributed by atoms with van der Waals surface area (Å²) in [7, 11) is 0. The van der Waals surface area contributed by atoms with Crippen molar-refractivity contribution in [2.75, 3.05) is 19.9 Å². The Morgan fingerprint density at radius 2 is 2.29 bits per heavy atom. The molecule has 1 aromatic carbocycles. The summed E-state index contributed by atoms with van der Waals surface area (Å²) in [6.45, 7) is 2.85. The summed E-state index contributed by atoms with van der Waals surface area (Å²) in [5.74, 6) is 1.96. The number of aryl methyl sites for hydroxylation is 1. The van der Waals surface area contributed by atoms with E-state index in [4.69, 9.17) is 14.2 Å². The fraction of sp³-hybridized carbons (Fsp3) is 0.286. The molecule has 0 saturated heterocycles. The van der Waals surface area contributed by atoms with Gasteiger partial charge in [-0.1, -0.05) is 0 Å². The highest BCUT2D eigenvalue weighted by Gasteiger charge is 2.14. The van der Waals surface area contributed by atoms with Gasteiger partial charge in [0.15, 0.2) is 11.5 Å². The van der Waals surface area contributed by atoms with E-state index in [2.05, 4.69) is 10.3 Å². The number of ether oxygens (including phenoxy) is 3. The van der Waals surface area contributed by atoms with Crippen LogP contribution in [0.5, 0.6) is 17.2 Å². The largest absolute Gasteiger partial charge is 0.492 e. The van der Waals surface area contributed by atoms with Gasteiger partial charge < -0.3 is 19.5 Å². The zero-order valence-corrected chi connectivity index (χ0v) is 12.2. The van der Waals surface area contributed by atoms with Gasteiger partial charge in [-0.05, 0) is 19.1 Å². The predicted octanol–water partition coefficient (Wildman–Crippen LogP) is 1.99. The Hall–Kier alpha value is -2.28. The Kier molecular flexibility index (Phi) is 3.92. The van der Waals surface area contributed by atoms with Crippen LogP contribution < -0.4 is 19.5 Å². The molecule has 1 aromatic heterocycles. The van der Waals surface area contributed by atoms with Gasteiger partial charge in [0.2, 0.25) is 6.79 Å². The summed E-state index contributed by atoms with van der Waals surface area (Å²) >= 11 is 1.33. The Labute approximate surface area is 125 Å². The van der Waals surface area contributed by atoms with E-state index in [1.807, 2.05) is 13.0 Å². The Bertz CT molecular complexity index is 656. The number of thiazole rings is 1. The first-order valence-electron chi connectivity index (χ1n) is 6.45. The van der Waals surface area contributed by atoms with Gasteiger partial charge in [-0.15, -0.1) is 11.3 Å². The van der Waals surface area contributed by atoms with E-state index < -0.39 is 0 Å². The zero-order valence-electron chi connectivity index (χ0n) is 11.4. The molecule has 1 N–H and O–H groups in total. The molecule has 1 amide bonds. The van der Waals surface area contributed by atoms with E-state index in [1.54, 1.807) is 17.6 Å². The van der Waals surface area contributed by atoms with Crippen molar-refractivity contribution in [2.24, 2.45) is 0 Å². The minimum absolute atomic E-state index is 0.121. The zero-order chi connectivity index (χ0) is 14.7. The Balaban J connectivity index is 1.46. The van der Waals surface area contributed by atoms with Crippen LogP contribution in [-0.2, 0) is 0 Å². The lowest BCUT2D eigenvalue weighted by molar-refractivity contribution is 0.0950. The summed E-state index contributed by atoms with van der Waals surface area (Å²) in [6, 6.07) is 5.39. The van der Waals surface area contributed by atoms with Crippen LogP contribution in [0.25, 0.3) is 0 Å². The second-order valence-electron chi connectivity index (χ2n) is 4.39. The molecule has 3 rings (SSSR count). The molecule has 2 aromatic rings. The summed E-state index contributed by atoms with van der Waals surface area (Å²) in [5, 5.41) is 2.80. The number of benzene rings is 1. The average molecular weight is 306 g/mol. The quantitative estimate of drug-likeness (QED) is 0.856. The molecule has 0 unspecified atom stereocenters. The van der Waals surface area contributed by atoms with Gasteiger partial charge in [-0.3, -0.25) is 4.79 Å². The smallest absolute Gasteiger partial charge is 0.263 e. The lowest BCUT2D eigenvalue weighted by atomic mass is 10.3. The van der Waals surface area contributed by atoms with E-state index in [0.29, 0.717) is 29.5 Å². The average Bonchev–Trinajstić information content (AvgIpc) is 3.11. The highest BCUT2D eigenvalue weighted by Crippen LogP contribution is 2.34. The monoisotopic (exact) mass is 306 g/mol. The van der Waals surface area contributed by atoms with E-state index in [0.717, 1.165) is 11.4 Å². The van der Waals surface area contributed by atoms with Crippen molar-refractivity contribution in [3.05, 3.63) is 34.3 Å². The first-order valence-corrected chi connectivity index (χ1v) is 7.33. The van der Waals surface area contributed by atoms with Crippen LogP contribution in [0.4, 0.5) is 0 Å². The van der Waals surface area contributed by atoms with Crippen molar-refractivity contribution in [2.45, 2.75) is 6.92 Å². The number of hydrogen-bond donors (Lipinski definition) is 1. The lowest BCUT2D eigenvalue weighted by Crippen LogP contribution is -2.27. The molecule has 1 aliphatic rings. The molecule has 6 nitrogen and oxygen atoms in total. The van der Waals surface area contributed by atoms with Gasteiger partial charge in [0.1, 0.15) is 17.2 Å². The van der Waals surface area contributed by atoms with Crippen molar-refractivity contribution >= 4 is 17.2 Å². The maximum absolute atomic E-state index is 11.9. The molecule has 2 heterocycles. The van der Waals surface area contributed by atoms with Gasteiger partial charge in [0.25, 0.3) is 5.91 Å². The number of nitrogens with one attached hydrogen (secondary N) is 1. The third-order valence-corrected chi connectivity index (χ3v) is 3.88. The van der Waals surface area contributed by atoms with Crippen molar-refractivity contribution in [3.8, 4) is 17.2 Å². The number of carbonyl (C=O) groups is 1. The van der Waals surface area contributed by atoms with E-state index in [-0.39, 0.29) is 12.7 Å². The predicted molar refractivity (Wildman–Crippen MR) is 77.2 cm³/mol. The minimum Gasteiger partial charge on any atom is -0.492 e. The van der Waals surface area contributed by atoms with Gasteiger partial charge in [-0.2, -0.15) is 0 Å². The maximum atomic E-state index is 11.9. The highest BCUT2D eigenvalue weighted by atomic mass is 32.1. The Morgan fingerprint density at radius 3 is 3.10 bits per heavy atom. The minimum atomic E-state index is -0.121. The van der Waals surface area contributed by atoms with Crippen molar-refractivity contribution in [1.82, 2.24) is 10.3 Å². The first-order chi connectivity index (χ1) is 10.2. The van der Waals surface area contributed by atoms with E-state index in [9.17, 15) is 4.79 Å². The van der Waals surface area contributed by atoms with Crippen LogP contribution in [-0.4, -0.2) is 30.8 Å². The molecule has 1 aliphatic heterocycles. The number of rotatable bonds is 5. The van der Waals surface area contributed by atoms with Gasteiger partial charge in [-0.25, -0.2) is 4.98 Å². The van der Waals surface area contributed by atoms with Crippen molar-refractivity contribution in [3.63, 3.8) is 0 Å². The van der Waals surface area contributed by atoms with Gasteiger partial charge in [0.05, 0.1) is 17.7 Å². The maximum Gasteiger partial charge on any atom is 0.263 e. The SMILES string of the molecule is Cc1ncsc1C(=O)NCCOc1ccc2c(c1)OCO2. The van der Waals surface area contributed by atoms with Crippen LogP contribution in [0.15, 0.2) is 23.7 Å². The second kappa shape index (κ2) is 6.01. The van der Waals surface area contributed by atoms with Gasteiger partial charge >= 0.3 is 0 Å². The summed E-state index contributed by atoms with van der Waals surface area (Å²) in [5.41, 5.74) is 2.40. The fourth-order valence-electron chi connectivity index (χ4n) is 1.90. The number of nitrogens with zero attached hydrogens (tertiary/aromatic N) is 1. The molecule has 0 saturated carbocycles. The normalized spacial score (nSPS) is 12.2. The topological polar surface area (TPSA) is 69.7 Å². The molecule has 0 atom stereocenters. The summed E-state index contributed by atoms with van der Waals surface area (Å²) < 4.78 is 16.1. The van der Waals surface area contributed by atoms with Crippen molar-refractivity contribution in [1.29, 1.82) is 0 Å². The third kappa shape index (κ3) is 3.08. The van der Waals surface area contributed by atoms with Crippen LogP contribution in [0.1, 0.15) is 15.4 Å². The molecule has 0 spiro atoms. The lowest BCUT2D eigenvalue weighted by Gasteiger charge is -2.08. The number of hydrogen-bond acceptors (Lipinski definition) is 6. The van der Waals surface area contributed by atoms with Crippen LogP contribution in [0, 0.1) is 6.92 Å². The molecular formula is C14H14N2O4S. The molecule has 0 fully saturated rings. The third-order valence-electron chi connectivity index (χ3n) is 2.95. The Morgan fingerprint density at radius 1 is 1.43 bits per heavy atom. The number of aromatic nitrogens is 1. The number of fused-ring (bicyclic) bond motifs is 1. The van der Waals surface area contributed by atoms with E-state index in [1.165, 1.54) is 11.3 Å².